The molecule has 35 N–H and O–H groups in total. The molecule has 0 aromatic heterocycles. The molecule has 0 aliphatic carbocycles. The molecule has 134 heavy (non-hydrogen) atoms. The number of ether oxygens (including phenoxy) is 21. The molecule has 0 radical (unpaired) electrons. The second-order valence-corrected chi connectivity index (χ2v) is 33.8. The Bertz CT molecular complexity index is 3640. The fourth-order valence-electron chi connectivity index (χ4n) is 17.3. The highest BCUT2D eigenvalue weighted by atomic mass is 16.8. The van der Waals surface area contributed by atoms with Crippen LogP contribution in [0.2, 0.25) is 0 Å². The van der Waals surface area contributed by atoms with E-state index in [-0.39, 0.29) is 0 Å². The van der Waals surface area contributed by atoms with Gasteiger partial charge < -0.3 is 279 Å². The number of aliphatic hydroxyl groups excluding tert-OH is 31. The molecule has 11 heterocycles. The van der Waals surface area contributed by atoms with Gasteiger partial charge in [-0.3, -0.25) is 19.2 Å². The molecule has 11 fully saturated rings. The van der Waals surface area contributed by atoms with E-state index < -0.39 is 434 Å². The molecule has 60 heteroatoms. The van der Waals surface area contributed by atoms with E-state index in [1.165, 1.54) is 0 Å². The summed E-state index contributed by atoms with van der Waals surface area (Å²) in [7, 11) is 0. The third-order valence-corrected chi connectivity index (χ3v) is 24.6. The number of aliphatic hydroxyl groups is 31. The molecule has 60 nitrogen and oxygen atoms in total. The largest absolute Gasteiger partial charge is 0.394 e. The highest BCUT2D eigenvalue weighted by Gasteiger charge is 2.63. The van der Waals surface area contributed by atoms with E-state index in [9.17, 15) is 177 Å². The minimum atomic E-state index is -2.61. The van der Waals surface area contributed by atoms with Gasteiger partial charge in [-0.25, -0.2) is 0 Å². The third-order valence-electron chi connectivity index (χ3n) is 24.6. The van der Waals surface area contributed by atoms with Crippen LogP contribution in [0.5, 0.6) is 0 Å². The highest BCUT2D eigenvalue weighted by molar-refractivity contribution is 5.74. The second-order valence-electron chi connectivity index (χ2n) is 33.8. The van der Waals surface area contributed by atoms with Crippen LogP contribution in [0.4, 0.5) is 0 Å². The maximum absolute atomic E-state index is 13.2. The fourth-order valence-corrected chi connectivity index (χ4v) is 17.3. The molecule has 11 rings (SSSR count). The predicted octanol–water partition coefficient (Wildman–Crippen LogP) is -24.4. The first kappa shape index (κ1) is 110. The number of hydrogen-bond donors (Lipinski definition) is 35. The summed E-state index contributed by atoms with van der Waals surface area (Å²) in [6.07, 6.45) is -108. The Morgan fingerprint density at radius 1 is 0.194 bits per heavy atom. The first-order valence-corrected chi connectivity index (χ1v) is 42.7. The molecule has 0 aromatic carbocycles. The molecule has 0 bridgehead atoms. The van der Waals surface area contributed by atoms with Gasteiger partial charge in [-0.15, -0.1) is 0 Å². The lowest BCUT2D eigenvalue weighted by Crippen LogP contribution is -2.71. The molecule has 11 aliphatic heterocycles. The summed E-state index contributed by atoms with van der Waals surface area (Å²) in [5.74, 6) is -3.93. The smallest absolute Gasteiger partial charge is 0.217 e. The van der Waals surface area contributed by atoms with Gasteiger partial charge in [0.25, 0.3) is 0 Å². The van der Waals surface area contributed by atoms with Crippen molar-refractivity contribution in [1.29, 1.82) is 0 Å². The summed E-state index contributed by atoms with van der Waals surface area (Å²) in [6, 6.07) is -7.90. The molecule has 0 unspecified atom stereocenters. The molecule has 11 aliphatic rings. The van der Waals surface area contributed by atoms with Crippen molar-refractivity contribution in [2.24, 2.45) is 0 Å². The van der Waals surface area contributed by atoms with Gasteiger partial charge >= 0.3 is 0 Å². The van der Waals surface area contributed by atoms with Gasteiger partial charge in [-0.1, -0.05) is 0 Å². The van der Waals surface area contributed by atoms with Gasteiger partial charge in [0.05, 0.1) is 72.7 Å². The van der Waals surface area contributed by atoms with Gasteiger partial charge in [0.2, 0.25) is 23.6 Å². The molecular formula is C74H124N4O56. The quantitative estimate of drug-likeness (QED) is 0.0280. The zero-order valence-corrected chi connectivity index (χ0v) is 71.6. The van der Waals surface area contributed by atoms with E-state index >= 15 is 0 Å². The zero-order valence-electron chi connectivity index (χ0n) is 71.6. The lowest BCUT2D eigenvalue weighted by Gasteiger charge is -2.52. The number of rotatable bonds is 35. The Labute approximate surface area is 757 Å². The van der Waals surface area contributed by atoms with Crippen LogP contribution in [0.25, 0.3) is 0 Å². The van der Waals surface area contributed by atoms with E-state index in [4.69, 9.17) is 99.5 Å². The van der Waals surface area contributed by atoms with Crippen molar-refractivity contribution < 1.29 is 277 Å². The van der Waals surface area contributed by atoms with Crippen molar-refractivity contribution in [3.8, 4) is 0 Å². The number of carbonyl (C=O) groups excluding carboxylic acids is 4. The predicted molar refractivity (Wildman–Crippen MR) is 409 cm³/mol. The Balaban J connectivity index is 0.913. The van der Waals surface area contributed by atoms with Crippen LogP contribution >= 0.6 is 0 Å². The lowest BCUT2D eigenvalue weighted by atomic mass is 9.93. The Kier molecular flexibility index (Phi) is 39.7. The maximum Gasteiger partial charge on any atom is 0.217 e. The van der Waals surface area contributed by atoms with Gasteiger partial charge in [0.1, 0.15) is 268 Å². The van der Waals surface area contributed by atoms with E-state index in [0.29, 0.717) is 0 Å². The van der Waals surface area contributed by atoms with E-state index in [0.717, 1.165) is 27.7 Å². The van der Waals surface area contributed by atoms with Crippen LogP contribution in [-0.4, -0.2) is 592 Å². The average molecular weight is 1970 g/mol. The van der Waals surface area contributed by atoms with Crippen molar-refractivity contribution in [2.45, 2.75) is 365 Å². The van der Waals surface area contributed by atoms with Crippen molar-refractivity contribution in [2.75, 3.05) is 72.7 Å². The number of hydrogen-bond acceptors (Lipinski definition) is 56. The lowest BCUT2D eigenvalue weighted by molar-refractivity contribution is -0.401. The summed E-state index contributed by atoms with van der Waals surface area (Å²) in [5, 5.41) is 354. The second kappa shape index (κ2) is 48.3. The van der Waals surface area contributed by atoms with Crippen LogP contribution in [0.1, 0.15) is 27.7 Å². The number of carbonyl (C=O) groups is 4. The number of nitrogens with one attached hydrogen (secondary N) is 4. The molecule has 0 aromatic rings. The van der Waals surface area contributed by atoms with Crippen LogP contribution in [0.15, 0.2) is 0 Å². The van der Waals surface area contributed by atoms with Crippen molar-refractivity contribution in [3.63, 3.8) is 0 Å². The van der Waals surface area contributed by atoms with Gasteiger partial charge in [0.15, 0.2) is 69.2 Å². The van der Waals surface area contributed by atoms with Crippen molar-refractivity contribution >= 4 is 23.6 Å². The normalized spacial score (nSPS) is 49.8. The van der Waals surface area contributed by atoms with Gasteiger partial charge in [-0.05, 0) is 0 Å². The van der Waals surface area contributed by atoms with Crippen LogP contribution in [-0.2, 0) is 119 Å². The highest BCUT2D eigenvalue weighted by Crippen LogP contribution is 2.42. The van der Waals surface area contributed by atoms with Crippen molar-refractivity contribution in [3.05, 3.63) is 0 Å². The maximum atomic E-state index is 13.2. The van der Waals surface area contributed by atoms with E-state index in [1.54, 1.807) is 0 Å². The SMILES string of the molecule is CC(=O)N[C@H]1[C@H](OC[C@H]2O[C@H](OC[C@H]3O[C@@H](O)[C@@H](O)[C@@H](O[C@H]4O[C@H](CO)[C@@H](O[C@@H]5O[C@H](CO)[C@@H](O[C@@H]6O[C@H](CO)[C@H](O)[C@H](O)[C@H]6O)[C@H](O)[C@H]5NC(C)=O)[C@H](O)[C@@H]4O[C@@H]4O[C@H](CO)[C@@H](O[C@@H]5O[C@H](CO)[C@H](O)[C@H](O)[C@H]5O)[C@H](O)[C@H]4NC(C)=O)[C@@H]3O)[C@@H](O[C@@H]3O[C@H](CO)[C@@H](O[C@@H]4O[C@H](CO)[C@H](O)[C@H](O)[C@H]4O)[C@H](O)[C@H]3NC(C)=O)[C@@H](O)[C@@H]2O)O[C@H](CO)[C@@H](O[C@@H]2O[C@H](CO)[C@H](O)[C@H](O)[C@H]2O)[C@@H]1O. The minimum Gasteiger partial charge on any atom is -0.394 e. The monoisotopic (exact) mass is 1960 g/mol. The Morgan fingerprint density at radius 3 is 0.709 bits per heavy atom. The summed E-state index contributed by atoms with van der Waals surface area (Å²) in [4.78, 5) is 52.3. The molecule has 0 saturated carbocycles. The van der Waals surface area contributed by atoms with E-state index in [2.05, 4.69) is 21.3 Å². The molecule has 11 saturated heterocycles. The fraction of sp³-hybridized carbons (Fsp3) is 0.946. The van der Waals surface area contributed by atoms with E-state index in [1.807, 2.05) is 0 Å². The molecular weight excluding hydrogens is 1840 g/mol. The Hall–Kier alpha value is -4.20. The topological polar surface area (TPSA) is 937 Å². The summed E-state index contributed by atoms with van der Waals surface area (Å²) >= 11 is 0. The standard InChI is InChI=1S/C74H124N4O56/c1-16(88)75-31-41(98)56(128-69-50(107)45(102)35(92)20(5-79)117-69)24(9-83)121-65(31)114-14-29-39(96)49(106)62(133-67-33(77-18(3)90)43(100)58(26(11-85)123-67)130-71-52(109)47(104)37(94)22(7-81)119-71)73(126-29)115-15-30-40(97)61(55(112)64(113)116-30)132-74-63(134-68-34(78-19(4)91)44(101)59(27(12-86)124-68)131-72-53(110)48(105)38(95)23(8-82)120-72)54(111)60(28(13-87)125-74)127-66-32(76-17(2)89)42(99)57(25(10-84)122-66)129-70-51(108)46(103)36(93)21(6-80)118-70/h20-74,79-87,92-113H,5-15H2,1-4H3,(H,75,88)(H,76,89)(H,77,90)(H,78,91)/t20-,21-,22-,23-,24-,25-,26-,27-,28-,29-,30-,31-,32-,33-,34-,35+,36+,37+,38+,39-,40-,41-,42-,43-,44-,45+,46+,47+,48+,49+,50-,51-,52-,53-,54+,55+,56-,57-,58-,59-,60-,61+,62+,63+,64-,65-,66+,67+,68+,69+,70+,71+,72+,73+,74-/m1/s1. The molecule has 55 atom stereocenters. The summed E-state index contributed by atoms with van der Waals surface area (Å²) in [6.45, 7) is -8.67. The van der Waals surface area contributed by atoms with Crippen LogP contribution in [0.3, 0.4) is 0 Å². The molecule has 776 valence electrons. The van der Waals surface area contributed by atoms with Gasteiger partial charge in [-0.2, -0.15) is 0 Å². The van der Waals surface area contributed by atoms with Crippen LogP contribution < -0.4 is 21.3 Å². The minimum absolute atomic E-state index is 0.886. The summed E-state index contributed by atoms with van der Waals surface area (Å²) in [5.41, 5.74) is 0. The molecule has 0 spiro atoms. The first-order chi connectivity index (χ1) is 63.4. The third kappa shape index (κ3) is 24.1. The van der Waals surface area contributed by atoms with Crippen molar-refractivity contribution in [1.82, 2.24) is 21.3 Å². The Morgan fingerprint density at radius 2 is 0.410 bits per heavy atom. The van der Waals surface area contributed by atoms with Gasteiger partial charge in [0, 0.05) is 27.7 Å². The average Bonchev–Trinajstić information content (AvgIpc) is 0.754. The van der Waals surface area contributed by atoms with Crippen LogP contribution in [0, 0.1) is 0 Å². The first-order valence-electron chi connectivity index (χ1n) is 42.7. The number of amides is 4. The molecule has 4 amide bonds. The zero-order chi connectivity index (χ0) is 98.5. The summed E-state index contributed by atoms with van der Waals surface area (Å²) < 4.78 is 125.